The van der Waals surface area contributed by atoms with E-state index in [1.165, 1.54) is 0 Å². The number of aldehydes is 1. The summed E-state index contributed by atoms with van der Waals surface area (Å²) in [6, 6.07) is 2.33. The van der Waals surface area contributed by atoms with Gasteiger partial charge in [-0.15, -0.1) is 0 Å². The molecule has 0 radical (unpaired) electrons. The molecule has 0 aliphatic rings. The van der Waals surface area contributed by atoms with Crippen molar-refractivity contribution < 1.29 is 98.2 Å². The number of rotatable bonds is 5. The van der Waals surface area contributed by atoms with E-state index in [2.05, 4.69) is 8.37 Å². The van der Waals surface area contributed by atoms with Crippen LogP contribution in [0.4, 0.5) is 0 Å². The molecule has 0 amide bonds. The van der Waals surface area contributed by atoms with Gasteiger partial charge in [-0.05, 0) is 12.1 Å². The molecule has 0 bridgehead atoms. The van der Waals surface area contributed by atoms with Crippen molar-refractivity contribution in [1.29, 1.82) is 0 Å². The standard InChI is InChI=1S/C7H6O9S2.2Na/c8-4-5-1-6(15-17(9,10)11)3-7(2-5)16-18(12,13)14;;/h1-4H,(H,9,10,11)(H,12,13,14);;/q;2*+1/p-2. The third-order valence-electron chi connectivity index (χ3n) is 1.44. The van der Waals surface area contributed by atoms with Gasteiger partial charge in [0.05, 0.1) is 0 Å². The average molecular weight is 342 g/mol. The molecule has 0 aromatic heterocycles. The average Bonchev–Trinajstić information content (AvgIpc) is 2.11. The van der Waals surface area contributed by atoms with Crippen LogP contribution in [-0.2, 0) is 20.8 Å². The predicted octanol–water partition coefficient (Wildman–Crippen LogP) is -6.81. The molecule has 0 fully saturated rings. The first-order valence-electron chi connectivity index (χ1n) is 4.00. The second-order valence-corrected chi connectivity index (χ2v) is 4.81. The van der Waals surface area contributed by atoms with Crippen molar-refractivity contribution in [3.63, 3.8) is 0 Å². The molecule has 0 spiro atoms. The Balaban J connectivity index is 0. The fraction of sp³-hybridized carbons (Fsp3) is 0. The number of carbonyl (C=O) groups excluding carboxylic acids is 1. The molecule has 1 rings (SSSR count). The van der Waals surface area contributed by atoms with E-state index in [1.54, 1.807) is 0 Å². The second-order valence-electron chi connectivity index (χ2n) is 2.84. The van der Waals surface area contributed by atoms with Crippen LogP contribution in [0.5, 0.6) is 11.5 Å². The Bertz CT molecular complexity index is 615. The van der Waals surface area contributed by atoms with Crippen LogP contribution >= 0.6 is 0 Å². The van der Waals surface area contributed by atoms with Crippen molar-refractivity contribution in [2.75, 3.05) is 0 Å². The largest absolute Gasteiger partial charge is 1.00 e. The summed E-state index contributed by atoms with van der Waals surface area (Å²) >= 11 is 0. The molecule has 0 saturated carbocycles. The minimum atomic E-state index is -5.11. The van der Waals surface area contributed by atoms with Gasteiger partial charge in [0.1, 0.15) is 17.8 Å². The van der Waals surface area contributed by atoms with Crippen LogP contribution in [0.2, 0.25) is 0 Å². The maximum absolute atomic E-state index is 10.5. The molecule has 100 valence electrons. The van der Waals surface area contributed by atoms with Crippen LogP contribution in [0.25, 0.3) is 0 Å². The van der Waals surface area contributed by atoms with Crippen molar-refractivity contribution in [1.82, 2.24) is 0 Å². The molecule has 0 unspecified atom stereocenters. The summed E-state index contributed by atoms with van der Waals surface area (Å²) in [6.07, 6.45) is 0.203. The summed E-state index contributed by atoms with van der Waals surface area (Å²) < 4.78 is 69.6. The first-order valence-corrected chi connectivity index (χ1v) is 6.66. The molecule has 9 nitrogen and oxygen atoms in total. The molecule has 0 saturated heterocycles. The third-order valence-corrected chi connectivity index (χ3v) is 2.23. The molecule has 0 N–H and O–H groups in total. The molecule has 20 heavy (non-hydrogen) atoms. The van der Waals surface area contributed by atoms with Gasteiger partial charge in [0.2, 0.25) is 0 Å². The van der Waals surface area contributed by atoms with Crippen molar-refractivity contribution in [2.24, 2.45) is 0 Å². The fourth-order valence-electron chi connectivity index (χ4n) is 0.994. The Hall–Kier alpha value is 0.310. The summed E-state index contributed by atoms with van der Waals surface area (Å²) in [7, 11) is -10.2. The van der Waals surface area contributed by atoms with Crippen molar-refractivity contribution in [3.05, 3.63) is 23.8 Å². The van der Waals surface area contributed by atoms with Crippen LogP contribution in [0.3, 0.4) is 0 Å². The van der Waals surface area contributed by atoms with E-state index < -0.39 is 32.3 Å². The summed E-state index contributed by atoms with van der Waals surface area (Å²) in [5.74, 6) is -1.32. The number of carbonyl (C=O) groups is 1. The molecule has 13 heteroatoms. The van der Waals surface area contributed by atoms with Gasteiger partial charge >= 0.3 is 59.1 Å². The Morgan fingerprint density at radius 2 is 1.20 bits per heavy atom. The fourth-order valence-corrected chi connectivity index (χ4v) is 1.66. The predicted molar refractivity (Wildman–Crippen MR) is 52.5 cm³/mol. The van der Waals surface area contributed by atoms with Crippen molar-refractivity contribution in [3.8, 4) is 11.5 Å². The van der Waals surface area contributed by atoms with Gasteiger partial charge in [-0.25, -0.2) is 16.8 Å². The maximum atomic E-state index is 10.5. The third kappa shape index (κ3) is 9.28. The summed E-state index contributed by atoms with van der Waals surface area (Å²) in [5.41, 5.74) is -0.255. The molecule has 1 aromatic rings. The van der Waals surface area contributed by atoms with E-state index in [0.29, 0.717) is 6.07 Å². The van der Waals surface area contributed by atoms with E-state index in [9.17, 15) is 30.7 Å². The molecular formula is C7H4Na2O9S2. The Kier molecular flexibility index (Phi) is 9.80. The Labute approximate surface area is 159 Å². The zero-order valence-corrected chi connectivity index (χ0v) is 15.9. The quantitative estimate of drug-likeness (QED) is 0.220. The van der Waals surface area contributed by atoms with Gasteiger partial charge in [0.15, 0.2) is 0 Å². The monoisotopic (exact) mass is 342 g/mol. The number of hydrogen-bond acceptors (Lipinski definition) is 9. The first kappa shape index (κ1) is 22.6. The smallest absolute Gasteiger partial charge is 0.716 e. The van der Waals surface area contributed by atoms with Crippen molar-refractivity contribution >= 4 is 27.1 Å². The summed E-state index contributed by atoms with van der Waals surface area (Å²) in [6.45, 7) is 0. The first-order chi connectivity index (χ1) is 8.09. The minimum absolute atomic E-state index is 0. The van der Waals surface area contributed by atoms with E-state index in [4.69, 9.17) is 0 Å². The van der Waals surface area contributed by atoms with Crippen LogP contribution < -0.4 is 67.5 Å². The molecule has 0 aliphatic carbocycles. The van der Waals surface area contributed by atoms with E-state index in [1.807, 2.05) is 0 Å². The second kappa shape index (κ2) is 8.68. The van der Waals surface area contributed by atoms with E-state index in [-0.39, 0.29) is 71.0 Å². The van der Waals surface area contributed by atoms with Gasteiger partial charge in [-0.1, -0.05) is 0 Å². The van der Waals surface area contributed by atoms with Gasteiger partial charge in [-0.2, -0.15) is 0 Å². The molecular weight excluding hydrogens is 338 g/mol. The minimum Gasteiger partial charge on any atom is -0.716 e. The van der Waals surface area contributed by atoms with Crippen LogP contribution in [-0.4, -0.2) is 32.2 Å². The van der Waals surface area contributed by atoms with Gasteiger partial charge < -0.3 is 17.5 Å². The zero-order chi connectivity index (χ0) is 14.0. The maximum Gasteiger partial charge on any atom is 1.00 e. The summed E-state index contributed by atoms with van der Waals surface area (Å²) in [4.78, 5) is 10.5. The normalized spacial score (nSPS) is 10.7. The van der Waals surface area contributed by atoms with Gasteiger partial charge in [-0.3, -0.25) is 4.79 Å². The van der Waals surface area contributed by atoms with Crippen LogP contribution in [0.1, 0.15) is 10.4 Å². The summed E-state index contributed by atoms with van der Waals surface area (Å²) in [5, 5.41) is 0. The van der Waals surface area contributed by atoms with Crippen molar-refractivity contribution in [2.45, 2.75) is 0 Å². The van der Waals surface area contributed by atoms with Crippen LogP contribution in [0, 0.1) is 0 Å². The van der Waals surface area contributed by atoms with Crippen LogP contribution in [0.15, 0.2) is 18.2 Å². The van der Waals surface area contributed by atoms with Gasteiger partial charge in [0.25, 0.3) is 20.8 Å². The number of benzene rings is 1. The SMILES string of the molecule is O=Cc1cc(OS(=O)(=O)[O-])cc(OS(=O)(=O)[O-])c1.[Na+].[Na+]. The Morgan fingerprint density at radius 1 is 0.850 bits per heavy atom. The molecule has 1 aromatic carbocycles. The zero-order valence-electron chi connectivity index (χ0n) is 10.3. The van der Waals surface area contributed by atoms with E-state index in [0.717, 1.165) is 12.1 Å². The Morgan fingerprint density at radius 3 is 1.45 bits per heavy atom. The molecule has 0 heterocycles. The number of hydrogen-bond donors (Lipinski definition) is 0. The molecule has 0 atom stereocenters. The van der Waals surface area contributed by atoms with Gasteiger partial charge in [0, 0.05) is 11.6 Å². The van der Waals surface area contributed by atoms with E-state index >= 15 is 0 Å². The topological polar surface area (TPSA) is 150 Å². The molecule has 0 aliphatic heterocycles.